The summed E-state index contributed by atoms with van der Waals surface area (Å²) in [5.41, 5.74) is -0.820. The standard InChI is InChI=1S/2C10H6Cl4O4/c2*1-17-9(15)3-5(11)7(13)4(10(16)18-2)8(14)6(3)12/h2*1-2H3. The fourth-order valence-electron chi connectivity index (χ4n) is 2.39. The van der Waals surface area contributed by atoms with E-state index in [1.54, 1.807) is 0 Å². The fourth-order valence-corrected chi connectivity index (χ4v) is 4.71. The summed E-state index contributed by atoms with van der Waals surface area (Å²) in [5, 5.41) is -1.79. The number of hydrogen-bond donors (Lipinski definition) is 0. The topological polar surface area (TPSA) is 105 Å². The first kappa shape index (κ1) is 32.7. The lowest BCUT2D eigenvalue weighted by molar-refractivity contribution is 0.0587. The second kappa shape index (κ2) is 14.0. The molecule has 0 spiro atoms. The number of hydrogen-bond acceptors (Lipinski definition) is 8. The van der Waals surface area contributed by atoms with Gasteiger partial charge < -0.3 is 18.9 Å². The smallest absolute Gasteiger partial charge is 0.341 e. The Morgan fingerprint density at radius 2 is 0.472 bits per heavy atom. The van der Waals surface area contributed by atoms with Crippen LogP contribution in [0.1, 0.15) is 41.4 Å². The molecule has 0 aromatic heterocycles. The summed E-state index contributed by atoms with van der Waals surface area (Å²) < 4.78 is 18.0. The number of ether oxygens (including phenoxy) is 4. The Morgan fingerprint density at radius 1 is 0.361 bits per heavy atom. The molecule has 0 amide bonds. The maximum absolute atomic E-state index is 11.5. The summed E-state index contributed by atoms with van der Waals surface area (Å²) >= 11 is 46.9. The van der Waals surface area contributed by atoms with Gasteiger partial charge in [0, 0.05) is 0 Å². The first-order valence-electron chi connectivity index (χ1n) is 8.78. The molecule has 36 heavy (non-hydrogen) atoms. The van der Waals surface area contributed by atoms with Crippen molar-refractivity contribution in [2.45, 2.75) is 0 Å². The van der Waals surface area contributed by atoms with Gasteiger partial charge in [0.2, 0.25) is 0 Å². The molecule has 0 radical (unpaired) electrons. The SMILES string of the molecule is COC(=O)c1c(Cl)c(Cl)c(C(=O)OC)c(Cl)c1Cl.COC(=O)c1c(Cl)c(Cl)c(C(=O)OC)c(Cl)c1Cl. The van der Waals surface area contributed by atoms with Crippen LogP contribution in [0.4, 0.5) is 0 Å². The molecule has 0 saturated heterocycles. The quantitative estimate of drug-likeness (QED) is 0.186. The lowest BCUT2D eigenvalue weighted by atomic mass is 10.1. The van der Waals surface area contributed by atoms with E-state index in [2.05, 4.69) is 18.9 Å². The van der Waals surface area contributed by atoms with Crippen molar-refractivity contribution < 1.29 is 38.1 Å². The molecular formula is C20H12Cl8O8. The minimum absolute atomic E-state index is 0.205. The Morgan fingerprint density at radius 3 is 0.556 bits per heavy atom. The Labute approximate surface area is 244 Å². The molecular weight excluding hydrogens is 652 g/mol. The molecule has 0 atom stereocenters. The van der Waals surface area contributed by atoms with Crippen molar-refractivity contribution in [1.82, 2.24) is 0 Å². The maximum Gasteiger partial charge on any atom is 0.341 e. The van der Waals surface area contributed by atoms with Crippen LogP contribution < -0.4 is 0 Å². The van der Waals surface area contributed by atoms with Gasteiger partial charge in [-0.2, -0.15) is 0 Å². The molecule has 0 unspecified atom stereocenters. The van der Waals surface area contributed by atoms with Gasteiger partial charge in [-0.3, -0.25) is 0 Å². The van der Waals surface area contributed by atoms with Crippen molar-refractivity contribution in [3.8, 4) is 0 Å². The zero-order chi connectivity index (χ0) is 28.1. The van der Waals surface area contributed by atoms with E-state index in [-0.39, 0.29) is 62.4 Å². The van der Waals surface area contributed by atoms with Crippen LogP contribution in [0.25, 0.3) is 0 Å². The molecule has 0 bridgehead atoms. The predicted molar refractivity (Wildman–Crippen MR) is 138 cm³/mol. The molecule has 0 aliphatic rings. The minimum atomic E-state index is -0.815. The molecule has 0 aliphatic heterocycles. The van der Waals surface area contributed by atoms with Crippen molar-refractivity contribution in [3.05, 3.63) is 62.4 Å². The largest absolute Gasteiger partial charge is 0.465 e. The average Bonchev–Trinajstić information content (AvgIpc) is 2.86. The summed E-state index contributed by atoms with van der Waals surface area (Å²) in [6.45, 7) is 0. The number of carbonyl (C=O) groups is 4. The van der Waals surface area contributed by atoms with Crippen LogP contribution in [0.15, 0.2) is 0 Å². The van der Waals surface area contributed by atoms with Crippen molar-refractivity contribution >= 4 is 117 Å². The minimum Gasteiger partial charge on any atom is -0.465 e. The van der Waals surface area contributed by atoms with E-state index in [0.717, 1.165) is 28.4 Å². The highest BCUT2D eigenvalue weighted by molar-refractivity contribution is 6.53. The fraction of sp³-hybridized carbons (Fsp3) is 0.200. The monoisotopic (exact) mass is 660 g/mol. The van der Waals surface area contributed by atoms with E-state index in [0.29, 0.717) is 0 Å². The average molecular weight is 664 g/mol. The number of methoxy groups -OCH3 is 4. The van der Waals surface area contributed by atoms with E-state index in [1.165, 1.54) is 0 Å². The number of halogens is 8. The second-order valence-electron chi connectivity index (χ2n) is 5.98. The molecule has 0 N–H and O–H groups in total. The van der Waals surface area contributed by atoms with E-state index >= 15 is 0 Å². The van der Waals surface area contributed by atoms with Gasteiger partial charge in [0.05, 0.1) is 90.9 Å². The first-order chi connectivity index (χ1) is 16.7. The van der Waals surface area contributed by atoms with Crippen molar-refractivity contribution in [3.63, 3.8) is 0 Å². The molecule has 196 valence electrons. The molecule has 8 nitrogen and oxygen atoms in total. The van der Waals surface area contributed by atoms with Crippen LogP contribution in [-0.2, 0) is 18.9 Å². The molecule has 0 aliphatic carbocycles. The van der Waals surface area contributed by atoms with Gasteiger partial charge >= 0.3 is 23.9 Å². The normalized spacial score (nSPS) is 10.1. The van der Waals surface area contributed by atoms with Gasteiger partial charge in [0.1, 0.15) is 0 Å². The molecule has 0 fully saturated rings. The summed E-state index contributed by atoms with van der Waals surface area (Å²) in [4.78, 5) is 45.9. The molecule has 2 aromatic carbocycles. The summed E-state index contributed by atoms with van der Waals surface area (Å²) in [7, 11) is 4.58. The van der Waals surface area contributed by atoms with E-state index in [1.807, 2.05) is 0 Å². The van der Waals surface area contributed by atoms with Gasteiger partial charge in [0.25, 0.3) is 0 Å². The highest BCUT2D eigenvalue weighted by Gasteiger charge is 2.30. The lowest BCUT2D eigenvalue weighted by Crippen LogP contribution is -2.09. The van der Waals surface area contributed by atoms with Crippen LogP contribution in [0, 0.1) is 0 Å². The van der Waals surface area contributed by atoms with Gasteiger partial charge in [-0.15, -0.1) is 0 Å². The van der Waals surface area contributed by atoms with Gasteiger partial charge in [-0.05, 0) is 0 Å². The summed E-state index contributed by atoms with van der Waals surface area (Å²) in [5.74, 6) is -3.26. The second-order valence-corrected chi connectivity index (χ2v) is 9.00. The molecule has 0 heterocycles. The Hall–Kier alpha value is -1.36. The zero-order valence-electron chi connectivity index (χ0n) is 18.3. The lowest BCUT2D eigenvalue weighted by Gasteiger charge is -2.12. The first-order valence-corrected chi connectivity index (χ1v) is 11.8. The summed E-state index contributed by atoms with van der Waals surface area (Å²) in [6.07, 6.45) is 0. The number of rotatable bonds is 4. The zero-order valence-corrected chi connectivity index (χ0v) is 24.3. The Balaban J connectivity index is 0.000000360. The van der Waals surface area contributed by atoms with Crippen LogP contribution in [0.2, 0.25) is 40.2 Å². The summed E-state index contributed by atoms with van der Waals surface area (Å²) in [6, 6.07) is 0. The Kier molecular flexibility index (Phi) is 12.7. The predicted octanol–water partition coefficient (Wildman–Crippen LogP) is 7.75. The molecule has 2 aromatic rings. The highest BCUT2D eigenvalue weighted by Crippen LogP contribution is 2.43. The maximum atomic E-state index is 11.5. The third-order valence-electron chi connectivity index (χ3n) is 4.08. The van der Waals surface area contributed by atoms with E-state index in [9.17, 15) is 19.2 Å². The Bertz CT molecular complexity index is 998. The van der Waals surface area contributed by atoms with Gasteiger partial charge in [0.15, 0.2) is 0 Å². The van der Waals surface area contributed by atoms with Crippen molar-refractivity contribution in [2.75, 3.05) is 28.4 Å². The number of esters is 4. The van der Waals surface area contributed by atoms with E-state index in [4.69, 9.17) is 92.8 Å². The van der Waals surface area contributed by atoms with E-state index < -0.39 is 23.9 Å². The number of benzene rings is 2. The third-order valence-corrected chi connectivity index (χ3v) is 7.50. The highest BCUT2D eigenvalue weighted by atomic mass is 35.5. The van der Waals surface area contributed by atoms with Crippen molar-refractivity contribution in [1.29, 1.82) is 0 Å². The van der Waals surface area contributed by atoms with Crippen LogP contribution in [0.3, 0.4) is 0 Å². The molecule has 2 rings (SSSR count). The van der Waals surface area contributed by atoms with Crippen LogP contribution >= 0.6 is 92.8 Å². The molecule has 0 saturated carbocycles. The van der Waals surface area contributed by atoms with Crippen LogP contribution in [-0.4, -0.2) is 52.3 Å². The molecule has 16 heteroatoms. The third kappa shape index (κ3) is 6.55. The van der Waals surface area contributed by atoms with Gasteiger partial charge in [-0.25, -0.2) is 19.2 Å². The number of carbonyl (C=O) groups excluding carboxylic acids is 4. The van der Waals surface area contributed by atoms with Crippen molar-refractivity contribution in [2.24, 2.45) is 0 Å². The van der Waals surface area contributed by atoms with Gasteiger partial charge in [-0.1, -0.05) is 92.8 Å². The van der Waals surface area contributed by atoms with Crippen LogP contribution in [0.5, 0.6) is 0 Å².